The summed E-state index contributed by atoms with van der Waals surface area (Å²) in [6.07, 6.45) is 2.22. The average molecular weight is 268 g/mol. The first-order valence-corrected chi connectivity index (χ1v) is 6.18. The average Bonchev–Trinajstić information content (AvgIpc) is 2.38. The summed E-state index contributed by atoms with van der Waals surface area (Å²) in [5.74, 6) is 0.828. The predicted octanol–water partition coefficient (Wildman–Crippen LogP) is 2.28. The molecular formula is C13H20N2O4. The van der Waals surface area contributed by atoms with Crippen LogP contribution in [0.3, 0.4) is 0 Å². The summed E-state index contributed by atoms with van der Waals surface area (Å²) >= 11 is 0. The Bertz CT molecular complexity index is 449. The fourth-order valence-electron chi connectivity index (χ4n) is 2.00. The SMILES string of the molecule is CCCC(N)Cc1cc(OC)c(OC)cc1[N+](=O)[O-]. The molecule has 1 rings (SSSR count). The summed E-state index contributed by atoms with van der Waals surface area (Å²) < 4.78 is 10.2. The molecule has 0 spiro atoms. The van der Waals surface area contributed by atoms with Crippen LogP contribution < -0.4 is 15.2 Å². The lowest BCUT2D eigenvalue weighted by Crippen LogP contribution is -2.22. The molecule has 0 aliphatic carbocycles. The Kier molecular flexibility index (Phi) is 5.57. The van der Waals surface area contributed by atoms with E-state index in [9.17, 15) is 10.1 Å². The highest BCUT2D eigenvalue weighted by Gasteiger charge is 2.20. The molecule has 1 unspecified atom stereocenters. The number of nitrogens with two attached hydrogens (primary N) is 1. The van der Waals surface area contributed by atoms with E-state index in [1.807, 2.05) is 6.92 Å². The molecule has 0 aromatic heterocycles. The van der Waals surface area contributed by atoms with E-state index in [0.29, 0.717) is 23.5 Å². The molecule has 19 heavy (non-hydrogen) atoms. The van der Waals surface area contributed by atoms with Crippen molar-refractivity contribution in [2.75, 3.05) is 14.2 Å². The number of benzene rings is 1. The van der Waals surface area contributed by atoms with Crippen LogP contribution in [-0.2, 0) is 6.42 Å². The van der Waals surface area contributed by atoms with E-state index < -0.39 is 4.92 Å². The minimum absolute atomic E-state index is 0.0178. The zero-order valence-electron chi connectivity index (χ0n) is 11.5. The number of hydrogen-bond donors (Lipinski definition) is 1. The van der Waals surface area contributed by atoms with Gasteiger partial charge in [0.15, 0.2) is 11.5 Å². The molecule has 0 radical (unpaired) electrons. The van der Waals surface area contributed by atoms with Gasteiger partial charge in [-0.05, 0) is 18.9 Å². The van der Waals surface area contributed by atoms with Gasteiger partial charge in [-0.25, -0.2) is 0 Å². The Labute approximate surface area is 112 Å². The van der Waals surface area contributed by atoms with E-state index in [-0.39, 0.29) is 11.7 Å². The normalized spacial score (nSPS) is 12.0. The maximum Gasteiger partial charge on any atom is 0.276 e. The number of nitro benzene ring substituents is 1. The lowest BCUT2D eigenvalue weighted by atomic mass is 10.0. The summed E-state index contributed by atoms with van der Waals surface area (Å²) in [7, 11) is 2.95. The molecule has 0 fully saturated rings. The van der Waals surface area contributed by atoms with E-state index >= 15 is 0 Å². The smallest absolute Gasteiger partial charge is 0.276 e. The molecule has 0 amide bonds. The molecule has 2 N–H and O–H groups in total. The summed E-state index contributed by atoms with van der Waals surface area (Å²) in [5, 5.41) is 11.1. The minimum atomic E-state index is -0.421. The first-order valence-electron chi connectivity index (χ1n) is 6.18. The van der Waals surface area contributed by atoms with Gasteiger partial charge in [-0.3, -0.25) is 10.1 Å². The van der Waals surface area contributed by atoms with E-state index in [0.717, 1.165) is 12.8 Å². The molecule has 0 aliphatic rings. The van der Waals surface area contributed by atoms with Crippen molar-refractivity contribution in [2.45, 2.75) is 32.2 Å². The van der Waals surface area contributed by atoms with Gasteiger partial charge in [0.2, 0.25) is 0 Å². The second kappa shape index (κ2) is 6.94. The Morgan fingerprint density at radius 3 is 2.37 bits per heavy atom. The molecule has 0 bridgehead atoms. The molecule has 0 aliphatic heterocycles. The molecular weight excluding hydrogens is 248 g/mol. The van der Waals surface area contributed by atoms with E-state index in [2.05, 4.69) is 0 Å². The second-order valence-corrected chi connectivity index (χ2v) is 4.35. The van der Waals surface area contributed by atoms with Crippen LogP contribution in [0.1, 0.15) is 25.3 Å². The lowest BCUT2D eigenvalue weighted by Gasteiger charge is -2.13. The molecule has 1 aromatic carbocycles. The lowest BCUT2D eigenvalue weighted by molar-refractivity contribution is -0.385. The standard InChI is InChI=1S/C13H20N2O4/c1-4-5-10(14)6-9-7-12(18-2)13(19-3)8-11(9)15(16)17/h7-8,10H,4-6,14H2,1-3H3. The largest absolute Gasteiger partial charge is 0.493 e. The highest BCUT2D eigenvalue weighted by atomic mass is 16.6. The van der Waals surface area contributed by atoms with Crippen LogP contribution in [0.2, 0.25) is 0 Å². The molecule has 0 heterocycles. The third kappa shape index (κ3) is 3.82. The van der Waals surface area contributed by atoms with Gasteiger partial charge in [0, 0.05) is 11.6 Å². The van der Waals surface area contributed by atoms with Gasteiger partial charge >= 0.3 is 0 Å². The zero-order chi connectivity index (χ0) is 14.4. The van der Waals surface area contributed by atoms with Crippen molar-refractivity contribution in [1.82, 2.24) is 0 Å². The number of rotatable bonds is 7. The monoisotopic (exact) mass is 268 g/mol. The number of ether oxygens (including phenoxy) is 2. The highest BCUT2D eigenvalue weighted by Crippen LogP contribution is 2.35. The fourth-order valence-corrected chi connectivity index (χ4v) is 2.00. The number of nitro groups is 1. The number of methoxy groups -OCH3 is 2. The minimum Gasteiger partial charge on any atom is -0.493 e. The van der Waals surface area contributed by atoms with E-state index in [1.54, 1.807) is 6.07 Å². The molecule has 0 saturated heterocycles. The quantitative estimate of drug-likeness (QED) is 0.605. The van der Waals surface area contributed by atoms with Crippen molar-refractivity contribution in [2.24, 2.45) is 5.73 Å². The zero-order valence-corrected chi connectivity index (χ0v) is 11.5. The summed E-state index contributed by atoms with van der Waals surface area (Å²) in [4.78, 5) is 10.7. The van der Waals surface area contributed by atoms with Crippen LogP contribution in [0.5, 0.6) is 11.5 Å². The van der Waals surface area contributed by atoms with E-state index in [1.165, 1.54) is 20.3 Å². The van der Waals surface area contributed by atoms with Crippen molar-refractivity contribution in [3.63, 3.8) is 0 Å². The van der Waals surface area contributed by atoms with Crippen molar-refractivity contribution in [1.29, 1.82) is 0 Å². The predicted molar refractivity (Wildman–Crippen MR) is 72.8 cm³/mol. The molecule has 6 heteroatoms. The van der Waals surface area contributed by atoms with Gasteiger partial charge in [-0.2, -0.15) is 0 Å². The van der Waals surface area contributed by atoms with Crippen molar-refractivity contribution in [3.05, 3.63) is 27.8 Å². The Balaban J connectivity index is 3.16. The van der Waals surface area contributed by atoms with Crippen molar-refractivity contribution in [3.8, 4) is 11.5 Å². The third-order valence-electron chi connectivity index (χ3n) is 2.92. The molecule has 6 nitrogen and oxygen atoms in total. The molecule has 1 aromatic rings. The van der Waals surface area contributed by atoms with Gasteiger partial charge in [-0.1, -0.05) is 13.3 Å². The molecule has 106 valence electrons. The van der Waals surface area contributed by atoms with Crippen LogP contribution in [0.15, 0.2) is 12.1 Å². The van der Waals surface area contributed by atoms with Crippen LogP contribution >= 0.6 is 0 Å². The van der Waals surface area contributed by atoms with Crippen molar-refractivity contribution >= 4 is 5.69 Å². The number of nitrogens with zero attached hydrogens (tertiary/aromatic N) is 1. The third-order valence-corrected chi connectivity index (χ3v) is 2.92. The first-order chi connectivity index (χ1) is 9.03. The van der Waals surface area contributed by atoms with Gasteiger partial charge in [-0.15, -0.1) is 0 Å². The van der Waals surface area contributed by atoms with Gasteiger partial charge in [0.25, 0.3) is 5.69 Å². The summed E-state index contributed by atoms with van der Waals surface area (Å²) in [6.45, 7) is 2.03. The summed E-state index contributed by atoms with van der Waals surface area (Å²) in [5.41, 5.74) is 6.54. The van der Waals surface area contributed by atoms with Crippen LogP contribution in [-0.4, -0.2) is 25.2 Å². The topological polar surface area (TPSA) is 87.6 Å². The van der Waals surface area contributed by atoms with Crippen LogP contribution in [0.25, 0.3) is 0 Å². The Hall–Kier alpha value is -1.82. The second-order valence-electron chi connectivity index (χ2n) is 4.35. The van der Waals surface area contributed by atoms with Gasteiger partial charge in [0.05, 0.1) is 25.2 Å². The van der Waals surface area contributed by atoms with Gasteiger partial charge in [0.1, 0.15) is 0 Å². The van der Waals surface area contributed by atoms with Gasteiger partial charge < -0.3 is 15.2 Å². The summed E-state index contributed by atoms with van der Waals surface area (Å²) in [6, 6.07) is 2.92. The van der Waals surface area contributed by atoms with E-state index in [4.69, 9.17) is 15.2 Å². The highest BCUT2D eigenvalue weighted by molar-refractivity contribution is 5.54. The first kappa shape index (κ1) is 15.2. The molecule has 1 atom stereocenters. The molecule has 0 saturated carbocycles. The number of hydrogen-bond acceptors (Lipinski definition) is 5. The maximum atomic E-state index is 11.1. The Morgan fingerprint density at radius 2 is 1.89 bits per heavy atom. The fraction of sp³-hybridized carbons (Fsp3) is 0.538. The Morgan fingerprint density at radius 1 is 1.32 bits per heavy atom. The van der Waals surface area contributed by atoms with Crippen LogP contribution in [0, 0.1) is 10.1 Å². The van der Waals surface area contributed by atoms with Crippen molar-refractivity contribution < 1.29 is 14.4 Å². The maximum absolute atomic E-state index is 11.1. The van der Waals surface area contributed by atoms with Crippen LogP contribution in [0.4, 0.5) is 5.69 Å².